The zero-order valence-electron chi connectivity index (χ0n) is 8.78. The monoisotopic (exact) mass is 226 g/mol. The zero-order valence-corrected chi connectivity index (χ0v) is 10.3. The van der Waals surface area contributed by atoms with Gasteiger partial charge in [0.2, 0.25) is 0 Å². The van der Waals surface area contributed by atoms with E-state index in [9.17, 15) is 0 Å². The van der Waals surface area contributed by atoms with Gasteiger partial charge in [-0.05, 0) is 32.1 Å². The Kier molecular flexibility index (Phi) is 7.20. The molecule has 0 aliphatic carbocycles. The van der Waals surface area contributed by atoms with Gasteiger partial charge in [0.1, 0.15) is 0 Å². The molecular weight excluding hydrogens is 207 g/mol. The predicted octanol–water partition coefficient (Wildman–Crippen LogP) is 3.68. The zero-order chi connectivity index (χ0) is 10.3. The number of hydrogen-bond acceptors (Lipinski definition) is 1. The molecule has 0 bridgehead atoms. The van der Waals surface area contributed by atoms with Gasteiger partial charge in [0.25, 0.3) is 0 Å². The van der Waals surface area contributed by atoms with E-state index >= 15 is 0 Å². The van der Waals surface area contributed by atoms with Crippen LogP contribution in [0.25, 0.3) is 0 Å². The van der Waals surface area contributed by atoms with E-state index in [0.717, 1.165) is 19.4 Å². The first-order valence-corrected chi connectivity index (χ1v) is 5.90. The summed E-state index contributed by atoms with van der Waals surface area (Å²) >= 11 is 11.8. The van der Waals surface area contributed by atoms with E-state index < -0.39 is 0 Å². The summed E-state index contributed by atoms with van der Waals surface area (Å²) < 4.78 is 5.49. The average Bonchev–Trinajstić information content (AvgIpc) is 2.13. The Morgan fingerprint density at radius 2 is 1.77 bits per heavy atom. The topological polar surface area (TPSA) is 9.23 Å². The summed E-state index contributed by atoms with van der Waals surface area (Å²) in [5.41, 5.74) is 0.0675. The molecule has 0 N–H and O–H groups in total. The van der Waals surface area contributed by atoms with Crippen molar-refractivity contribution in [3.05, 3.63) is 0 Å². The molecule has 0 saturated carbocycles. The first-order valence-electron chi connectivity index (χ1n) is 4.83. The van der Waals surface area contributed by atoms with Crippen molar-refractivity contribution in [1.82, 2.24) is 0 Å². The molecule has 13 heavy (non-hydrogen) atoms. The molecule has 0 amide bonds. The first kappa shape index (κ1) is 13.5. The van der Waals surface area contributed by atoms with E-state index in [1.165, 1.54) is 0 Å². The number of alkyl halides is 2. The van der Waals surface area contributed by atoms with Crippen LogP contribution in [0.5, 0.6) is 0 Å². The van der Waals surface area contributed by atoms with E-state index in [4.69, 9.17) is 27.9 Å². The Balaban J connectivity index is 3.81. The van der Waals surface area contributed by atoms with Crippen molar-refractivity contribution in [2.24, 2.45) is 5.41 Å². The molecule has 0 rings (SSSR count). The van der Waals surface area contributed by atoms with Crippen molar-refractivity contribution in [2.75, 3.05) is 18.4 Å². The number of ether oxygens (including phenoxy) is 1. The van der Waals surface area contributed by atoms with Gasteiger partial charge >= 0.3 is 0 Å². The molecule has 0 radical (unpaired) electrons. The average molecular weight is 227 g/mol. The fourth-order valence-electron chi connectivity index (χ4n) is 1.05. The normalized spacial score (nSPS) is 12.5. The summed E-state index contributed by atoms with van der Waals surface area (Å²) in [5.74, 6) is 1.24. The Morgan fingerprint density at radius 1 is 1.23 bits per heavy atom. The molecule has 0 spiro atoms. The molecule has 0 aromatic carbocycles. The van der Waals surface area contributed by atoms with Gasteiger partial charge in [-0.15, -0.1) is 23.2 Å². The van der Waals surface area contributed by atoms with E-state index in [2.05, 4.69) is 6.92 Å². The van der Waals surface area contributed by atoms with E-state index in [0.29, 0.717) is 17.9 Å². The third kappa shape index (κ3) is 5.09. The summed E-state index contributed by atoms with van der Waals surface area (Å²) in [5, 5.41) is 0. The van der Waals surface area contributed by atoms with Crippen molar-refractivity contribution >= 4 is 23.2 Å². The lowest BCUT2D eigenvalue weighted by molar-refractivity contribution is 0.0579. The largest absolute Gasteiger partial charge is 0.379 e. The van der Waals surface area contributed by atoms with Crippen LogP contribution in [-0.2, 0) is 4.74 Å². The van der Waals surface area contributed by atoms with Crippen LogP contribution in [0.2, 0.25) is 0 Å². The third-order valence-corrected chi connectivity index (χ3v) is 3.53. The quantitative estimate of drug-likeness (QED) is 0.603. The lowest BCUT2D eigenvalue weighted by Crippen LogP contribution is -2.26. The van der Waals surface area contributed by atoms with Crippen LogP contribution in [0.4, 0.5) is 0 Å². The summed E-state index contributed by atoms with van der Waals surface area (Å²) in [6, 6.07) is 0. The first-order chi connectivity index (χ1) is 6.10. The molecule has 0 aromatic rings. The maximum atomic E-state index is 5.90. The van der Waals surface area contributed by atoms with E-state index in [1.54, 1.807) is 0 Å². The summed E-state index contributed by atoms with van der Waals surface area (Å²) in [4.78, 5) is 0. The summed E-state index contributed by atoms with van der Waals surface area (Å²) in [6.45, 7) is 6.95. The smallest absolute Gasteiger partial charge is 0.0518 e. The lowest BCUT2D eigenvalue weighted by atomic mass is 9.86. The maximum absolute atomic E-state index is 5.90. The Morgan fingerprint density at radius 3 is 2.08 bits per heavy atom. The van der Waals surface area contributed by atoms with Crippen LogP contribution < -0.4 is 0 Å². The van der Waals surface area contributed by atoms with Gasteiger partial charge in [0, 0.05) is 18.4 Å². The minimum Gasteiger partial charge on any atom is -0.379 e. The molecule has 0 aliphatic heterocycles. The fraction of sp³-hybridized carbons (Fsp3) is 1.00. The van der Waals surface area contributed by atoms with Crippen LogP contribution in [0, 0.1) is 5.41 Å². The van der Waals surface area contributed by atoms with Crippen LogP contribution >= 0.6 is 23.2 Å². The van der Waals surface area contributed by atoms with Crippen molar-refractivity contribution in [3.63, 3.8) is 0 Å². The Labute approximate surface area is 91.7 Å². The second-order valence-electron chi connectivity index (χ2n) is 3.79. The lowest BCUT2D eigenvalue weighted by Gasteiger charge is -2.28. The molecular formula is C10H20Cl2O. The molecule has 80 valence electrons. The maximum Gasteiger partial charge on any atom is 0.0518 e. The highest BCUT2D eigenvalue weighted by atomic mass is 35.5. The highest BCUT2D eigenvalue weighted by Crippen LogP contribution is 2.29. The fourth-order valence-corrected chi connectivity index (χ4v) is 1.98. The second kappa shape index (κ2) is 6.92. The second-order valence-corrected chi connectivity index (χ2v) is 4.32. The summed E-state index contributed by atoms with van der Waals surface area (Å²) in [7, 11) is 0. The predicted molar refractivity (Wildman–Crippen MR) is 59.9 cm³/mol. The van der Waals surface area contributed by atoms with Crippen molar-refractivity contribution < 1.29 is 4.74 Å². The molecule has 1 nitrogen and oxygen atoms in total. The minimum absolute atomic E-state index is 0.0675. The molecule has 3 heteroatoms. The Hall–Kier alpha value is 0.540. The van der Waals surface area contributed by atoms with Crippen LogP contribution in [0.15, 0.2) is 0 Å². The SMILES string of the molecule is CCC(CCl)(CCl)CCOC(C)C. The molecule has 0 unspecified atom stereocenters. The molecule has 0 aliphatic rings. The van der Waals surface area contributed by atoms with Gasteiger partial charge in [-0.25, -0.2) is 0 Å². The van der Waals surface area contributed by atoms with Crippen LogP contribution in [0.1, 0.15) is 33.6 Å². The molecule has 0 atom stereocenters. The van der Waals surface area contributed by atoms with Gasteiger partial charge < -0.3 is 4.74 Å². The van der Waals surface area contributed by atoms with Gasteiger partial charge in [-0.2, -0.15) is 0 Å². The van der Waals surface area contributed by atoms with Gasteiger partial charge in [-0.3, -0.25) is 0 Å². The van der Waals surface area contributed by atoms with Crippen LogP contribution in [-0.4, -0.2) is 24.5 Å². The minimum atomic E-state index is 0.0675. The highest BCUT2D eigenvalue weighted by Gasteiger charge is 2.25. The van der Waals surface area contributed by atoms with Gasteiger partial charge in [0.15, 0.2) is 0 Å². The molecule has 0 fully saturated rings. The van der Waals surface area contributed by atoms with Crippen LogP contribution in [0.3, 0.4) is 0 Å². The highest BCUT2D eigenvalue weighted by molar-refractivity contribution is 6.21. The number of halogens is 2. The molecule has 0 saturated heterocycles. The summed E-state index contributed by atoms with van der Waals surface area (Å²) in [6.07, 6.45) is 2.26. The van der Waals surface area contributed by atoms with Crippen molar-refractivity contribution in [3.8, 4) is 0 Å². The Bertz CT molecular complexity index is 114. The van der Waals surface area contributed by atoms with Crippen molar-refractivity contribution in [1.29, 1.82) is 0 Å². The molecule has 0 aromatic heterocycles. The number of hydrogen-bond donors (Lipinski definition) is 0. The van der Waals surface area contributed by atoms with E-state index in [1.807, 2.05) is 13.8 Å². The molecule has 0 heterocycles. The third-order valence-electron chi connectivity index (χ3n) is 2.40. The standard InChI is InChI=1S/C10H20Cl2O/c1-4-10(7-11,8-12)5-6-13-9(2)3/h9H,4-8H2,1-3H3. The van der Waals surface area contributed by atoms with E-state index in [-0.39, 0.29) is 5.41 Å². The van der Waals surface area contributed by atoms with Gasteiger partial charge in [-0.1, -0.05) is 6.92 Å². The van der Waals surface area contributed by atoms with Gasteiger partial charge in [0.05, 0.1) is 6.10 Å². The number of rotatable bonds is 7. The van der Waals surface area contributed by atoms with Crippen molar-refractivity contribution in [2.45, 2.75) is 39.7 Å².